The van der Waals surface area contributed by atoms with Crippen LogP contribution in [0.3, 0.4) is 0 Å². The number of benzene rings is 1. The number of hydrogen-bond acceptors (Lipinski definition) is 2. The minimum Gasteiger partial charge on any atom is -0.494 e. The normalized spacial score (nSPS) is 14.3. The molecular weight excluding hydrogens is 260 g/mol. The van der Waals surface area contributed by atoms with Crippen molar-refractivity contribution in [3.63, 3.8) is 0 Å². The van der Waals surface area contributed by atoms with Gasteiger partial charge in [0, 0.05) is 18.9 Å². The van der Waals surface area contributed by atoms with E-state index in [9.17, 15) is 0 Å². The van der Waals surface area contributed by atoms with E-state index >= 15 is 0 Å². The molecule has 0 fully saturated rings. The molecule has 2 aromatic rings. The monoisotopic (exact) mass is 282 g/mol. The van der Waals surface area contributed by atoms with Crippen LogP contribution < -0.4 is 4.74 Å². The summed E-state index contributed by atoms with van der Waals surface area (Å²) < 4.78 is 7.85. The Morgan fingerprint density at radius 2 is 2.10 bits per heavy atom. The predicted molar refractivity (Wildman–Crippen MR) is 85.5 cm³/mol. The van der Waals surface area contributed by atoms with Crippen molar-refractivity contribution in [2.75, 3.05) is 6.61 Å². The molecule has 110 valence electrons. The van der Waals surface area contributed by atoms with Gasteiger partial charge in [-0.1, -0.05) is 18.2 Å². The molecule has 0 saturated carbocycles. The van der Waals surface area contributed by atoms with Crippen molar-refractivity contribution in [3.05, 3.63) is 53.6 Å². The van der Waals surface area contributed by atoms with Gasteiger partial charge >= 0.3 is 0 Å². The van der Waals surface area contributed by atoms with Crippen molar-refractivity contribution in [2.24, 2.45) is 0 Å². The molecule has 3 rings (SSSR count). The van der Waals surface area contributed by atoms with Crippen LogP contribution in [0.15, 0.2) is 36.9 Å². The van der Waals surface area contributed by atoms with Crippen LogP contribution in [0.4, 0.5) is 0 Å². The second-order valence-corrected chi connectivity index (χ2v) is 5.41. The fourth-order valence-electron chi connectivity index (χ4n) is 3.01. The number of fused-ring (bicyclic) bond motifs is 1. The highest BCUT2D eigenvalue weighted by atomic mass is 16.5. The van der Waals surface area contributed by atoms with E-state index in [0.29, 0.717) is 0 Å². The summed E-state index contributed by atoms with van der Waals surface area (Å²) in [5.41, 5.74) is 4.25. The van der Waals surface area contributed by atoms with Crippen LogP contribution in [0.25, 0.3) is 6.08 Å². The van der Waals surface area contributed by atoms with E-state index in [0.717, 1.165) is 25.3 Å². The first-order valence-electron chi connectivity index (χ1n) is 7.78. The molecule has 1 aliphatic rings. The van der Waals surface area contributed by atoms with Gasteiger partial charge in [0.25, 0.3) is 0 Å². The molecule has 0 unspecified atom stereocenters. The molecule has 0 amide bonds. The van der Waals surface area contributed by atoms with E-state index in [1.807, 2.05) is 25.6 Å². The summed E-state index contributed by atoms with van der Waals surface area (Å²) in [4.78, 5) is 4.06. The lowest BCUT2D eigenvalue weighted by atomic mass is 9.87. The first-order valence-corrected chi connectivity index (χ1v) is 7.78. The van der Waals surface area contributed by atoms with Gasteiger partial charge in [0.2, 0.25) is 0 Å². The molecule has 1 aromatic heterocycles. The Hall–Kier alpha value is -2.03. The SMILES string of the molecule is CCOc1ccc(/C=C/Cn2ccnc2)c2c1CCCC2. The molecule has 0 radical (unpaired) electrons. The van der Waals surface area contributed by atoms with Gasteiger partial charge in [0.15, 0.2) is 0 Å². The quantitative estimate of drug-likeness (QED) is 0.832. The van der Waals surface area contributed by atoms with E-state index in [4.69, 9.17) is 4.74 Å². The smallest absolute Gasteiger partial charge is 0.122 e. The average Bonchev–Trinajstić information content (AvgIpc) is 3.03. The van der Waals surface area contributed by atoms with Gasteiger partial charge in [0.05, 0.1) is 12.9 Å². The third kappa shape index (κ3) is 3.18. The fraction of sp³-hybridized carbons (Fsp3) is 0.389. The lowest BCUT2D eigenvalue weighted by Gasteiger charge is -2.21. The largest absolute Gasteiger partial charge is 0.494 e. The maximum Gasteiger partial charge on any atom is 0.122 e. The highest BCUT2D eigenvalue weighted by molar-refractivity contribution is 5.60. The van der Waals surface area contributed by atoms with Gasteiger partial charge < -0.3 is 9.30 Å². The topological polar surface area (TPSA) is 27.1 Å². The van der Waals surface area contributed by atoms with Crippen LogP contribution in [-0.2, 0) is 19.4 Å². The lowest BCUT2D eigenvalue weighted by molar-refractivity contribution is 0.334. The third-order valence-electron chi connectivity index (χ3n) is 4.00. The summed E-state index contributed by atoms with van der Waals surface area (Å²) >= 11 is 0. The van der Waals surface area contributed by atoms with Gasteiger partial charge in [-0.15, -0.1) is 0 Å². The number of ether oxygens (including phenoxy) is 1. The number of aromatic nitrogens is 2. The number of nitrogens with zero attached hydrogens (tertiary/aromatic N) is 2. The molecule has 21 heavy (non-hydrogen) atoms. The Morgan fingerprint density at radius 3 is 2.86 bits per heavy atom. The summed E-state index contributed by atoms with van der Waals surface area (Å²) in [7, 11) is 0. The van der Waals surface area contributed by atoms with Gasteiger partial charge in [-0.3, -0.25) is 0 Å². The van der Waals surface area contributed by atoms with Crippen molar-refractivity contribution in [1.29, 1.82) is 0 Å². The lowest BCUT2D eigenvalue weighted by Crippen LogP contribution is -2.08. The van der Waals surface area contributed by atoms with Gasteiger partial charge in [-0.05, 0) is 55.4 Å². The van der Waals surface area contributed by atoms with E-state index in [1.165, 1.54) is 36.0 Å². The first kappa shape index (κ1) is 13.9. The predicted octanol–water partition coefficient (Wildman–Crippen LogP) is 3.87. The van der Waals surface area contributed by atoms with Crippen molar-refractivity contribution in [2.45, 2.75) is 39.2 Å². The molecule has 0 atom stereocenters. The summed E-state index contributed by atoms with van der Waals surface area (Å²) in [6.07, 6.45) is 14.9. The zero-order chi connectivity index (χ0) is 14.5. The Balaban J connectivity index is 1.83. The zero-order valence-corrected chi connectivity index (χ0v) is 12.6. The number of allylic oxidation sites excluding steroid dienone is 1. The highest BCUT2D eigenvalue weighted by Gasteiger charge is 2.16. The van der Waals surface area contributed by atoms with E-state index in [2.05, 4.69) is 33.8 Å². The molecule has 0 spiro atoms. The molecule has 0 N–H and O–H groups in total. The van der Waals surface area contributed by atoms with Crippen molar-refractivity contribution < 1.29 is 4.74 Å². The average molecular weight is 282 g/mol. The molecular formula is C18H22N2O. The Labute approximate surface area is 126 Å². The summed E-state index contributed by atoms with van der Waals surface area (Å²) in [5.74, 6) is 1.08. The summed E-state index contributed by atoms with van der Waals surface area (Å²) in [6, 6.07) is 4.32. The molecule has 0 aliphatic heterocycles. The number of rotatable bonds is 5. The van der Waals surface area contributed by atoms with Crippen molar-refractivity contribution in [3.8, 4) is 5.75 Å². The minimum absolute atomic E-state index is 0.738. The van der Waals surface area contributed by atoms with Gasteiger partial charge in [0.1, 0.15) is 5.75 Å². The summed E-state index contributed by atoms with van der Waals surface area (Å²) in [6.45, 7) is 3.65. The van der Waals surface area contributed by atoms with Gasteiger partial charge in [-0.25, -0.2) is 4.98 Å². The van der Waals surface area contributed by atoms with Crippen molar-refractivity contribution in [1.82, 2.24) is 9.55 Å². The van der Waals surface area contributed by atoms with Crippen molar-refractivity contribution >= 4 is 6.08 Å². The maximum absolute atomic E-state index is 5.79. The van der Waals surface area contributed by atoms with Crippen LogP contribution in [0, 0.1) is 0 Å². The van der Waals surface area contributed by atoms with Crippen LogP contribution in [-0.4, -0.2) is 16.2 Å². The number of imidazole rings is 1. The van der Waals surface area contributed by atoms with E-state index in [-0.39, 0.29) is 0 Å². The molecule has 1 aromatic carbocycles. The molecule has 3 heteroatoms. The fourth-order valence-corrected chi connectivity index (χ4v) is 3.01. The van der Waals surface area contributed by atoms with Crippen LogP contribution in [0.5, 0.6) is 5.75 Å². The molecule has 1 aliphatic carbocycles. The zero-order valence-electron chi connectivity index (χ0n) is 12.6. The first-order chi connectivity index (χ1) is 10.4. The Kier molecular flexibility index (Phi) is 4.39. The van der Waals surface area contributed by atoms with Crippen LogP contribution in [0.1, 0.15) is 36.5 Å². The van der Waals surface area contributed by atoms with E-state index < -0.39 is 0 Å². The Bertz CT molecular complexity index is 614. The highest BCUT2D eigenvalue weighted by Crippen LogP contribution is 2.33. The maximum atomic E-state index is 5.79. The standard InChI is InChI=1S/C18H22N2O/c1-2-21-18-10-9-15(16-7-3-4-8-17(16)18)6-5-12-20-13-11-19-14-20/h5-6,9-11,13-14H,2-4,7-8,12H2,1H3/b6-5+. The second-order valence-electron chi connectivity index (χ2n) is 5.41. The second kappa shape index (κ2) is 6.61. The van der Waals surface area contributed by atoms with Crippen LogP contribution in [0.2, 0.25) is 0 Å². The number of hydrogen-bond donors (Lipinski definition) is 0. The molecule has 0 saturated heterocycles. The Morgan fingerprint density at radius 1 is 1.24 bits per heavy atom. The molecule has 1 heterocycles. The minimum atomic E-state index is 0.738. The van der Waals surface area contributed by atoms with E-state index in [1.54, 1.807) is 0 Å². The van der Waals surface area contributed by atoms with Gasteiger partial charge in [-0.2, -0.15) is 0 Å². The molecule has 3 nitrogen and oxygen atoms in total. The van der Waals surface area contributed by atoms with Crippen LogP contribution >= 0.6 is 0 Å². The third-order valence-corrected chi connectivity index (χ3v) is 4.00. The molecule has 0 bridgehead atoms. The summed E-state index contributed by atoms with van der Waals surface area (Å²) in [5, 5.41) is 0.